The van der Waals surface area contributed by atoms with Crippen LogP contribution in [0.3, 0.4) is 0 Å². The number of hydrogen-bond donors (Lipinski definition) is 1. The molecule has 0 aliphatic carbocycles. The molecule has 3 rings (SSSR count). The van der Waals surface area contributed by atoms with Crippen LogP contribution in [-0.2, 0) is 4.79 Å². The summed E-state index contributed by atoms with van der Waals surface area (Å²) in [5.74, 6) is 0.364. The Kier molecular flexibility index (Phi) is 4.14. The third-order valence-corrected chi connectivity index (χ3v) is 5.08. The van der Waals surface area contributed by atoms with Crippen LogP contribution in [0.1, 0.15) is 36.3 Å². The quantitative estimate of drug-likeness (QED) is 0.898. The van der Waals surface area contributed by atoms with E-state index < -0.39 is 0 Å². The van der Waals surface area contributed by atoms with Crippen molar-refractivity contribution in [2.24, 2.45) is 0 Å². The number of thioether (sulfide) groups is 1. The highest BCUT2D eigenvalue weighted by Gasteiger charge is 2.31. The fourth-order valence-electron chi connectivity index (χ4n) is 2.51. The molecule has 1 N–H and O–H groups in total. The predicted octanol–water partition coefficient (Wildman–Crippen LogP) is 4.03. The molecule has 1 aromatic heterocycles. The Balaban J connectivity index is 2.17. The monoisotopic (exact) mass is 339 g/mol. The SMILES string of the molecule is CC(C)n1ncc2c1NC(=O)CSC2c1c(F)cccc1Cl. The number of nitrogens with one attached hydrogen (secondary N) is 1. The largest absolute Gasteiger partial charge is 0.310 e. The van der Waals surface area contributed by atoms with Crippen molar-refractivity contribution in [3.8, 4) is 0 Å². The van der Waals surface area contributed by atoms with E-state index in [0.717, 1.165) is 5.56 Å². The normalized spacial score (nSPS) is 18.0. The summed E-state index contributed by atoms with van der Waals surface area (Å²) in [6, 6.07) is 4.70. The molecule has 0 saturated carbocycles. The number of carbonyl (C=O) groups excluding carboxylic acids is 1. The van der Waals surface area contributed by atoms with Crippen LogP contribution in [0.2, 0.25) is 5.02 Å². The van der Waals surface area contributed by atoms with Crippen molar-refractivity contribution >= 4 is 35.1 Å². The number of halogens is 2. The molecule has 1 atom stereocenters. The standard InChI is InChI=1S/C15H15ClFN3OS/c1-8(2)20-15-9(6-18-20)14(22-7-12(21)19-15)13-10(16)4-3-5-11(13)17/h3-6,8,14H,7H2,1-2H3,(H,19,21). The Bertz CT molecular complexity index is 711. The molecule has 22 heavy (non-hydrogen) atoms. The molecule has 7 heteroatoms. The molecule has 0 spiro atoms. The lowest BCUT2D eigenvalue weighted by molar-refractivity contribution is -0.113. The van der Waals surface area contributed by atoms with Crippen LogP contribution in [0.25, 0.3) is 0 Å². The lowest BCUT2D eigenvalue weighted by Crippen LogP contribution is -2.17. The van der Waals surface area contributed by atoms with Gasteiger partial charge in [0.2, 0.25) is 5.91 Å². The maximum Gasteiger partial charge on any atom is 0.235 e. The van der Waals surface area contributed by atoms with Crippen LogP contribution in [0.15, 0.2) is 24.4 Å². The Hall–Kier alpha value is -1.53. The molecule has 0 radical (unpaired) electrons. The van der Waals surface area contributed by atoms with Crippen LogP contribution in [0.5, 0.6) is 0 Å². The van der Waals surface area contributed by atoms with Gasteiger partial charge in [0.15, 0.2) is 0 Å². The van der Waals surface area contributed by atoms with Crippen molar-refractivity contribution in [1.29, 1.82) is 0 Å². The maximum atomic E-state index is 14.3. The molecule has 2 heterocycles. The van der Waals surface area contributed by atoms with Crippen molar-refractivity contribution in [3.05, 3.63) is 46.4 Å². The second-order valence-electron chi connectivity index (χ2n) is 5.36. The second-order valence-corrected chi connectivity index (χ2v) is 6.86. The van der Waals surface area contributed by atoms with Gasteiger partial charge in [-0.2, -0.15) is 5.10 Å². The number of carbonyl (C=O) groups is 1. The van der Waals surface area contributed by atoms with Crippen molar-refractivity contribution < 1.29 is 9.18 Å². The zero-order valence-electron chi connectivity index (χ0n) is 12.1. The number of anilines is 1. The molecule has 0 saturated heterocycles. The van der Waals surface area contributed by atoms with E-state index in [9.17, 15) is 9.18 Å². The van der Waals surface area contributed by atoms with Gasteiger partial charge in [0.25, 0.3) is 0 Å². The molecule has 1 aliphatic heterocycles. The van der Waals surface area contributed by atoms with Gasteiger partial charge in [-0.05, 0) is 26.0 Å². The summed E-state index contributed by atoms with van der Waals surface area (Å²) in [6.45, 7) is 3.95. The van der Waals surface area contributed by atoms with E-state index in [1.165, 1.54) is 17.8 Å². The zero-order chi connectivity index (χ0) is 15.9. The van der Waals surface area contributed by atoms with E-state index in [-0.39, 0.29) is 28.8 Å². The molecular formula is C15H15ClFN3OS. The highest BCUT2D eigenvalue weighted by atomic mass is 35.5. The summed E-state index contributed by atoms with van der Waals surface area (Å²) in [5, 5.41) is 7.19. The van der Waals surface area contributed by atoms with E-state index in [1.807, 2.05) is 13.8 Å². The fraction of sp³-hybridized carbons (Fsp3) is 0.333. The van der Waals surface area contributed by atoms with Crippen molar-refractivity contribution in [2.75, 3.05) is 11.1 Å². The zero-order valence-corrected chi connectivity index (χ0v) is 13.7. The lowest BCUT2D eigenvalue weighted by atomic mass is 10.1. The molecule has 1 unspecified atom stereocenters. The number of nitrogens with zero attached hydrogens (tertiary/aromatic N) is 2. The Labute approximate surface area is 137 Å². The van der Waals surface area contributed by atoms with Gasteiger partial charge >= 0.3 is 0 Å². The second kappa shape index (κ2) is 5.93. The number of aromatic nitrogens is 2. The van der Waals surface area contributed by atoms with Crippen molar-refractivity contribution in [3.63, 3.8) is 0 Å². The fourth-order valence-corrected chi connectivity index (χ4v) is 3.99. The Morgan fingerprint density at radius 2 is 2.27 bits per heavy atom. The smallest absolute Gasteiger partial charge is 0.235 e. The molecular weight excluding hydrogens is 325 g/mol. The van der Waals surface area contributed by atoms with Crippen LogP contribution in [-0.4, -0.2) is 21.4 Å². The van der Waals surface area contributed by atoms with Crippen molar-refractivity contribution in [1.82, 2.24) is 9.78 Å². The minimum atomic E-state index is -0.373. The predicted molar refractivity (Wildman–Crippen MR) is 87.0 cm³/mol. The molecule has 4 nitrogen and oxygen atoms in total. The summed E-state index contributed by atoms with van der Waals surface area (Å²) in [4.78, 5) is 12.0. The number of benzene rings is 1. The summed E-state index contributed by atoms with van der Waals surface area (Å²) >= 11 is 7.55. The van der Waals surface area contributed by atoms with Gasteiger partial charge in [-0.3, -0.25) is 4.79 Å². The van der Waals surface area contributed by atoms with Gasteiger partial charge in [0.1, 0.15) is 11.6 Å². The van der Waals surface area contributed by atoms with Crippen LogP contribution in [0.4, 0.5) is 10.2 Å². The van der Waals surface area contributed by atoms with Crippen molar-refractivity contribution in [2.45, 2.75) is 25.1 Å². The number of rotatable bonds is 2. The van der Waals surface area contributed by atoms with Gasteiger partial charge in [-0.25, -0.2) is 9.07 Å². The van der Waals surface area contributed by atoms with E-state index in [4.69, 9.17) is 11.6 Å². The molecule has 0 bridgehead atoms. The lowest BCUT2D eigenvalue weighted by Gasteiger charge is -2.17. The van der Waals surface area contributed by atoms with E-state index in [1.54, 1.807) is 23.0 Å². The number of fused-ring (bicyclic) bond motifs is 1. The summed E-state index contributed by atoms with van der Waals surface area (Å²) in [5.41, 5.74) is 1.17. The Morgan fingerprint density at radius 1 is 1.50 bits per heavy atom. The molecule has 0 fully saturated rings. The minimum absolute atomic E-state index is 0.0869. The maximum absolute atomic E-state index is 14.3. The number of amides is 1. The van der Waals surface area contributed by atoms with E-state index >= 15 is 0 Å². The first-order valence-corrected chi connectivity index (χ1v) is 8.34. The Morgan fingerprint density at radius 3 is 2.95 bits per heavy atom. The average molecular weight is 340 g/mol. The van der Waals surface area contributed by atoms with Gasteiger partial charge in [0, 0.05) is 22.2 Å². The highest BCUT2D eigenvalue weighted by molar-refractivity contribution is 8.00. The van der Waals surface area contributed by atoms with E-state index in [2.05, 4.69) is 10.4 Å². The van der Waals surface area contributed by atoms with Gasteiger partial charge < -0.3 is 5.32 Å². The molecule has 116 valence electrons. The third-order valence-electron chi connectivity index (χ3n) is 3.50. The molecule has 2 aromatic rings. The third kappa shape index (κ3) is 2.61. The first-order valence-electron chi connectivity index (χ1n) is 6.91. The molecule has 1 amide bonds. The van der Waals surface area contributed by atoms with E-state index in [0.29, 0.717) is 16.4 Å². The summed E-state index contributed by atoms with van der Waals surface area (Å²) < 4.78 is 16.0. The molecule has 1 aromatic carbocycles. The van der Waals surface area contributed by atoms with Gasteiger partial charge in [0.05, 0.1) is 17.2 Å². The first-order chi connectivity index (χ1) is 10.5. The summed E-state index contributed by atoms with van der Waals surface area (Å²) in [7, 11) is 0. The summed E-state index contributed by atoms with van der Waals surface area (Å²) in [6.07, 6.45) is 1.68. The minimum Gasteiger partial charge on any atom is -0.310 e. The van der Waals surface area contributed by atoms with Crippen LogP contribution < -0.4 is 5.32 Å². The topological polar surface area (TPSA) is 46.9 Å². The van der Waals surface area contributed by atoms with Gasteiger partial charge in [-0.1, -0.05) is 17.7 Å². The van der Waals surface area contributed by atoms with Gasteiger partial charge in [-0.15, -0.1) is 11.8 Å². The average Bonchev–Trinajstić information content (AvgIpc) is 2.78. The highest BCUT2D eigenvalue weighted by Crippen LogP contribution is 2.45. The first kappa shape index (κ1) is 15.4. The number of hydrogen-bond acceptors (Lipinski definition) is 3. The van der Waals surface area contributed by atoms with Crippen LogP contribution in [0, 0.1) is 5.82 Å². The van der Waals surface area contributed by atoms with Crippen LogP contribution >= 0.6 is 23.4 Å². The molecule has 1 aliphatic rings.